The molecule has 0 saturated heterocycles. The third kappa shape index (κ3) is 3.85. The lowest BCUT2D eigenvalue weighted by Crippen LogP contribution is -2.31. The van der Waals surface area contributed by atoms with Gasteiger partial charge in [0.15, 0.2) is 5.82 Å². The molecule has 0 aliphatic carbocycles. The highest BCUT2D eigenvalue weighted by Crippen LogP contribution is 2.26. The molecule has 0 aliphatic rings. The van der Waals surface area contributed by atoms with Gasteiger partial charge >= 0.3 is 0 Å². The van der Waals surface area contributed by atoms with E-state index in [1.807, 2.05) is 20.8 Å². The lowest BCUT2D eigenvalue weighted by molar-refractivity contribution is 0.0945. The molecule has 1 atom stereocenters. The van der Waals surface area contributed by atoms with Gasteiger partial charge in [-0.15, -0.1) is 0 Å². The van der Waals surface area contributed by atoms with E-state index in [1.165, 1.54) is 0 Å². The fourth-order valence-electron chi connectivity index (χ4n) is 1.31. The summed E-state index contributed by atoms with van der Waals surface area (Å²) >= 11 is 1.16. The molecular formula is C11H20N4O2S. The molecule has 0 aromatic carbocycles. The van der Waals surface area contributed by atoms with Crippen LogP contribution in [0.1, 0.15) is 31.1 Å². The van der Waals surface area contributed by atoms with Crippen LogP contribution in [0.25, 0.3) is 0 Å². The molecule has 102 valence electrons. The predicted octanol–water partition coefficient (Wildman–Crippen LogP) is 0.904. The fourth-order valence-corrected chi connectivity index (χ4v) is 2.03. The topological polar surface area (TPSA) is 100 Å². The molecule has 18 heavy (non-hydrogen) atoms. The largest absolute Gasteiger partial charge is 0.396 e. The Morgan fingerprint density at radius 3 is 2.72 bits per heavy atom. The van der Waals surface area contributed by atoms with Crippen LogP contribution in [-0.2, 0) is 0 Å². The smallest absolute Gasteiger partial charge is 0.258 e. The molecule has 0 saturated carbocycles. The van der Waals surface area contributed by atoms with Crippen LogP contribution >= 0.6 is 11.5 Å². The monoisotopic (exact) mass is 272 g/mol. The van der Waals surface area contributed by atoms with Crippen molar-refractivity contribution >= 4 is 28.3 Å². The summed E-state index contributed by atoms with van der Waals surface area (Å²) in [6.07, 6.45) is 0. The van der Waals surface area contributed by atoms with Crippen LogP contribution in [0.3, 0.4) is 0 Å². The van der Waals surface area contributed by atoms with E-state index < -0.39 is 0 Å². The van der Waals surface area contributed by atoms with E-state index >= 15 is 0 Å². The molecule has 1 amide bonds. The summed E-state index contributed by atoms with van der Waals surface area (Å²) in [6.45, 7) is 6.34. The number of carbonyl (C=O) groups is 1. The number of hydrogen-bond acceptors (Lipinski definition) is 6. The summed E-state index contributed by atoms with van der Waals surface area (Å²) in [7, 11) is 0. The van der Waals surface area contributed by atoms with Crippen molar-refractivity contribution in [1.29, 1.82) is 0 Å². The highest BCUT2D eigenvalue weighted by molar-refractivity contribution is 7.11. The van der Waals surface area contributed by atoms with E-state index in [4.69, 9.17) is 10.8 Å². The van der Waals surface area contributed by atoms with Crippen LogP contribution in [0.4, 0.5) is 10.8 Å². The lowest BCUT2D eigenvalue weighted by Gasteiger charge is -2.12. The highest BCUT2D eigenvalue weighted by Gasteiger charge is 2.19. The highest BCUT2D eigenvalue weighted by atomic mass is 32.1. The maximum Gasteiger partial charge on any atom is 0.258 e. The van der Waals surface area contributed by atoms with E-state index in [2.05, 4.69) is 15.0 Å². The molecule has 6 nitrogen and oxygen atoms in total. The Kier molecular flexibility index (Phi) is 5.36. The molecule has 1 rings (SSSR count). The molecule has 0 fully saturated rings. The van der Waals surface area contributed by atoms with Gasteiger partial charge in [-0.25, -0.2) is 0 Å². The second kappa shape index (κ2) is 6.55. The van der Waals surface area contributed by atoms with Crippen LogP contribution < -0.4 is 16.4 Å². The summed E-state index contributed by atoms with van der Waals surface area (Å²) in [5, 5.41) is 15.5. The fraction of sp³-hybridized carbons (Fsp3) is 0.636. The van der Waals surface area contributed by atoms with E-state index in [9.17, 15) is 4.79 Å². The molecule has 1 aromatic heterocycles. The minimum absolute atomic E-state index is 0.0426. The third-order valence-electron chi connectivity index (χ3n) is 2.29. The molecule has 5 N–H and O–H groups in total. The van der Waals surface area contributed by atoms with E-state index in [0.717, 1.165) is 11.5 Å². The number of aromatic nitrogens is 1. The Balaban J connectivity index is 2.78. The van der Waals surface area contributed by atoms with Gasteiger partial charge in [0.25, 0.3) is 5.91 Å². The first-order chi connectivity index (χ1) is 8.45. The molecule has 0 bridgehead atoms. The average molecular weight is 272 g/mol. The summed E-state index contributed by atoms with van der Waals surface area (Å²) < 4.78 is 3.98. The van der Waals surface area contributed by atoms with Crippen molar-refractivity contribution in [2.45, 2.75) is 26.8 Å². The zero-order valence-corrected chi connectivity index (χ0v) is 11.7. The van der Waals surface area contributed by atoms with Crippen molar-refractivity contribution in [2.24, 2.45) is 5.92 Å². The molecule has 1 aromatic rings. The number of nitrogen functional groups attached to an aromatic ring is 1. The summed E-state index contributed by atoms with van der Waals surface area (Å²) in [5.74, 6) is 0.113. The van der Waals surface area contributed by atoms with Gasteiger partial charge < -0.3 is 21.5 Å². The normalized spacial score (nSPS) is 12.5. The van der Waals surface area contributed by atoms with Crippen molar-refractivity contribution in [3.63, 3.8) is 0 Å². The van der Waals surface area contributed by atoms with E-state index in [1.54, 1.807) is 0 Å². The second-order valence-electron chi connectivity index (χ2n) is 4.57. The first kappa shape index (κ1) is 14.7. The average Bonchev–Trinajstić information content (AvgIpc) is 2.66. The summed E-state index contributed by atoms with van der Waals surface area (Å²) in [5.41, 5.74) is 6.09. The molecular weight excluding hydrogens is 252 g/mol. The standard InChI is InChI=1S/C11H20N4O2S/c1-6(2)14-10(17)8-9(12)15-18-11(8)13-4-7(3)5-16/h6-7,13,16H,4-5H2,1-3H3,(H2,12,15)(H,14,17). The van der Waals surface area contributed by atoms with Gasteiger partial charge in [-0.2, -0.15) is 4.37 Å². The number of nitrogens with two attached hydrogens (primary N) is 1. The van der Waals surface area contributed by atoms with Crippen LogP contribution in [0.2, 0.25) is 0 Å². The molecule has 0 aliphatic heterocycles. The van der Waals surface area contributed by atoms with Gasteiger partial charge in [0, 0.05) is 19.2 Å². The van der Waals surface area contributed by atoms with Crippen LogP contribution in [0, 0.1) is 5.92 Å². The number of nitrogens with one attached hydrogen (secondary N) is 2. The Morgan fingerprint density at radius 2 is 2.17 bits per heavy atom. The van der Waals surface area contributed by atoms with Crippen molar-refractivity contribution in [3.8, 4) is 0 Å². The Labute approximate surface area is 111 Å². The number of rotatable bonds is 6. The summed E-state index contributed by atoms with van der Waals surface area (Å²) in [6, 6.07) is 0.0426. The van der Waals surface area contributed by atoms with Crippen molar-refractivity contribution in [2.75, 3.05) is 24.2 Å². The first-order valence-corrected chi connectivity index (χ1v) is 6.63. The van der Waals surface area contributed by atoms with Gasteiger partial charge in [-0.05, 0) is 31.3 Å². The number of amides is 1. The molecule has 1 unspecified atom stereocenters. The number of anilines is 2. The van der Waals surface area contributed by atoms with Crippen LogP contribution in [0.15, 0.2) is 0 Å². The van der Waals surface area contributed by atoms with Gasteiger partial charge in [-0.3, -0.25) is 4.79 Å². The van der Waals surface area contributed by atoms with Crippen molar-refractivity contribution < 1.29 is 9.90 Å². The van der Waals surface area contributed by atoms with Crippen molar-refractivity contribution in [3.05, 3.63) is 5.56 Å². The van der Waals surface area contributed by atoms with Gasteiger partial charge in [0.05, 0.1) is 0 Å². The SMILES string of the molecule is CC(CO)CNc1snc(N)c1C(=O)NC(C)C. The lowest BCUT2D eigenvalue weighted by atomic mass is 10.2. The third-order valence-corrected chi connectivity index (χ3v) is 3.11. The Hall–Kier alpha value is -1.34. The second-order valence-corrected chi connectivity index (χ2v) is 5.34. The number of hydrogen-bond donors (Lipinski definition) is 4. The zero-order valence-electron chi connectivity index (χ0n) is 10.9. The number of nitrogens with zero attached hydrogens (tertiary/aromatic N) is 1. The van der Waals surface area contributed by atoms with Crippen LogP contribution in [0.5, 0.6) is 0 Å². The number of carbonyl (C=O) groups excluding carboxylic acids is 1. The minimum Gasteiger partial charge on any atom is -0.396 e. The van der Waals surface area contributed by atoms with E-state index in [-0.39, 0.29) is 30.3 Å². The molecule has 7 heteroatoms. The van der Waals surface area contributed by atoms with E-state index in [0.29, 0.717) is 17.1 Å². The minimum atomic E-state index is -0.226. The number of aliphatic hydroxyl groups excluding tert-OH is 1. The van der Waals surface area contributed by atoms with Crippen LogP contribution in [-0.4, -0.2) is 34.6 Å². The Bertz CT molecular complexity index is 406. The quantitative estimate of drug-likeness (QED) is 0.616. The van der Waals surface area contributed by atoms with Crippen molar-refractivity contribution in [1.82, 2.24) is 9.69 Å². The molecule has 0 radical (unpaired) electrons. The van der Waals surface area contributed by atoms with Gasteiger partial charge in [-0.1, -0.05) is 6.92 Å². The zero-order chi connectivity index (χ0) is 13.7. The maximum absolute atomic E-state index is 12.0. The number of aliphatic hydroxyl groups is 1. The maximum atomic E-state index is 12.0. The van der Waals surface area contributed by atoms with Gasteiger partial charge in [0.1, 0.15) is 10.6 Å². The van der Waals surface area contributed by atoms with Gasteiger partial charge in [0.2, 0.25) is 0 Å². The Morgan fingerprint density at radius 1 is 1.50 bits per heavy atom. The molecule has 0 spiro atoms. The molecule has 1 heterocycles. The predicted molar refractivity (Wildman–Crippen MR) is 73.9 cm³/mol. The first-order valence-electron chi connectivity index (χ1n) is 5.86. The summed E-state index contributed by atoms with van der Waals surface area (Å²) in [4.78, 5) is 12.0.